The quantitative estimate of drug-likeness (QED) is 0.886. The van der Waals surface area contributed by atoms with Gasteiger partial charge in [0, 0.05) is 11.4 Å². The van der Waals surface area contributed by atoms with Gasteiger partial charge in [-0.25, -0.2) is 4.39 Å². The zero-order valence-electron chi connectivity index (χ0n) is 10.0. The lowest BCUT2D eigenvalue weighted by atomic mass is 9.98. The summed E-state index contributed by atoms with van der Waals surface area (Å²) in [5, 5.41) is 10.7. The zero-order chi connectivity index (χ0) is 13.1. The molecule has 2 rings (SSSR count). The highest BCUT2D eigenvalue weighted by molar-refractivity contribution is 6.30. The van der Waals surface area contributed by atoms with Crippen molar-refractivity contribution < 1.29 is 9.50 Å². The second-order valence-electron chi connectivity index (χ2n) is 4.34. The van der Waals surface area contributed by atoms with Gasteiger partial charge >= 0.3 is 0 Å². The minimum absolute atomic E-state index is 0.279. The molecule has 0 saturated heterocycles. The fraction of sp³-hybridized carbons (Fsp3) is 0.200. The smallest absolute Gasteiger partial charge is 0.123 e. The van der Waals surface area contributed by atoms with Crippen molar-refractivity contribution in [2.45, 2.75) is 19.4 Å². The Labute approximate surface area is 111 Å². The third-order valence-electron chi connectivity index (χ3n) is 2.98. The van der Waals surface area contributed by atoms with Gasteiger partial charge in [0.2, 0.25) is 0 Å². The van der Waals surface area contributed by atoms with Crippen LogP contribution in [-0.4, -0.2) is 5.11 Å². The van der Waals surface area contributed by atoms with Gasteiger partial charge < -0.3 is 5.11 Å². The molecule has 2 aromatic carbocycles. The van der Waals surface area contributed by atoms with Gasteiger partial charge in [0.15, 0.2) is 0 Å². The number of benzene rings is 2. The summed E-state index contributed by atoms with van der Waals surface area (Å²) in [4.78, 5) is 0. The average molecular weight is 265 g/mol. The molecule has 94 valence electrons. The maximum atomic E-state index is 13.2. The Balaban J connectivity index is 2.18. The van der Waals surface area contributed by atoms with E-state index in [9.17, 15) is 9.50 Å². The molecule has 0 amide bonds. The second kappa shape index (κ2) is 5.51. The summed E-state index contributed by atoms with van der Waals surface area (Å²) in [7, 11) is 0. The van der Waals surface area contributed by atoms with E-state index < -0.39 is 6.10 Å². The molecule has 3 heteroatoms. The van der Waals surface area contributed by atoms with Crippen LogP contribution < -0.4 is 0 Å². The van der Waals surface area contributed by atoms with Gasteiger partial charge in [-0.3, -0.25) is 0 Å². The van der Waals surface area contributed by atoms with E-state index in [0.29, 0.717) is 11.4 Å². The number of aliphatic hydroxyl groups is 1. The summed E-state index contributed by atoms with van der Waals surface area (Å²) in [6.07, 6.45) is -0.256. The first-order chi connectivity index (χ1) is 8.56. The first kappa shape index (κ1) is 13.1. The highest BCUT2D eigenvalue weighted by Crippen LogP contribution is 2.22. The van der Waals surface area contributed by atoms with Crippen LogP contribution in [0, 0.1) is 12.7 Å². The lowest BCUT2D eigenvalue weighted by molar-refractivity contribution is 0.178. The van der Waals surface area contributed by atoms with Gasteiger partial charge in [-0.05, 0) is 47.9 Å². The molecule has 0 bridgehead atoms. The highest BCUT2D eigenvalue weighted by atomic mass is 35.5. The molecule has 0 spiro atoms. The number of aryl methyl sites for hydroxylation is 1. The SMILES string of the molecule is Cc1ccc(F)cc1CC(O)c1ccc(Cl)cc1. The third-order valence-corrected chi connectivity index (χ3v) is 3.23. The van der Waals surface area contributed by atoms with E-state index in [4.69, 9.17) is 11.6 Å². The molecule has 0 aromatic heterocycles. The van der Waals surface area contributed by atoms with Crippen LogP contribution in [-0.2, 0) is 6.42 Å². The number of hydrogen-bond donors (Lipinski definition) is 1. The standard InChI is InChI=1S/C15H14ClFO/c1-10-2-7-14(17)8-12(10)9-15(18)11-3-5-13(16)6-4-11/h2-8,15,18H,9H2,1H3. The van der Waals surface area contributed by atoms with Crippen LogP contribution in [0.25, 0.3) is 0 Å². The van der Waals surface area contributed by atoms with Gasteiger partial charge in [0.05, 0.1) is 6.10 Å². The minimum atomic E-state index is -0.650. The normalized spacial score (nSPS) is 12.4. The van der Waals surface area contributed by atoms with E-state index in [1.54, 1.807) is 30.3 Å². The molecule has 0 aliphatic heterocycles. The molecule has 0 heterocycles. The van der Waals surface area contributed by atoms with Gasteiger partial charge in [0.1, 0.15) is 5.82 Å². The van der Waals surface area contributed by atoms with Crippen LogP contribution >= 0.6 is 11.6 Å². The monoisotopic (exact) mass is 264 g/mol. The Hall–Kier alpha value is -1.38. The Bertz CT molecular complexity index is 537. The first-order valence-corrected chi connectivity index (χ1v) is 6.12. The van der Waals surface area contributed by atoms with Crippen LogP contribution in [0.3, 0.4) is 0 Å². The lowest BCUT2D eigenvalue weighted by Crippen LogP contribution is -2.03. The van der Waals surface area contributed by atoms with Gasteiger partial charge in [0.25, 0.3) is 0 Å². The van der Waals surface area contributed by atoms with Gasteiger partial charge in [-0.1, -0.05) is 29.8 Å². The zero-order valence-corrected chi connectivity index (χ0v) is 10.8. The predicted octanol–water partition coefficient (Wildman–Crippen LogP) is 4.06. The summed E-state index contributed by atoms with van der Waals surface area (Å²) in [6.45, 7) is 1.91. The van der Waals surface area contributed by atoms with E-state index in [-0.39, 0.29) is 5.82 Å². The van der Waals surface area contributed by atoms with E-state index >= 15 is 0 Å². The van der Waals surface area contributed by atoms with Crippen LogP contribution in [0.4, 0.5) is 4.39 Å². The Morgan fingerprint density at radius 2 is 1.83 bits per heavy atom. The number of rotatable bonds is 3. The van der Waals surface area contributed by atoms with Crippen molar-refractivity contribution in [2.24, 2.45) is 0 Å². The summed E-state index contributed by atoms with van der Waals surface area (Å²) in [5.74, 6) is -0.279. The maximum Gasteiger partial charge on any atom is 0.123 e. The fourth-order valence-corrected chi connectivity index (χ4v) is 2.00. The molecule has 0 aliphatic rings. The first-order valence-electron chi connectivity index (χ1n) is 5.75. The molecule has 0 saturated carbocycles. The molecular formula is C15H14ClFO. The van der Waals surface area contributed by atoms with Crippen LogP contribution in [0.5, 0.6) is 0 Å². The summed E-state index contributed by atoms with van der Waals surface area (Å²) in [5.41, 5.74) is 2.57. The van der Waals surface area contributed by atoms with E-state index in [0.717, 1.165) is 16.7 Å². The van der Waals surface area contributed by atoms with Crippen molar-refractivity contribution in [3.8, 4) is 0 Å². The second-order valence-corrected chi connectivity index (χ2v) is 4.78. The van der Waals surface area contributed by atoms with Gasteiger partial charge in [-0.15, -0.1) is 0 Å². The Morgan fingerprint density at radius 3 is 2.50 bits per heavy atom. The number of aliphatic hydroxyl groups excluding tert-OH is 1. The van der Waals surface area contributed by atoms with E-state index in [1.165, 1.54) is 12.1 Å². The molecule has 0 fully saturated rings. The summed E-state index contributed by atoms with van der Waals surface area (Å²) < 4.78 is 13.2. The van der Waals surface area contributed by atoms with E-state index in [2.05, 4.69) is 0 Å². The van der Waals surface area contributed by atoms with Gasteiger partial charge in [-0.2, -0.15) is 0 Å². The molecule has 2 aromatic rings. The minimum Gasteiger partial charge on any atom is -0.388 e. The molecule has 1 unspecified atom stereocenters. The highest BCUT2D eigenvalue weighted by Gasteiger charge is 2.10. The summed E-state index contributed by atoms with van der Waals surface area (Å²) >= 11 is 5.79. The molecule has 18 heavy (non-hydrogen) atoms. The molecule has 0 aliphatic carbocycles. The van der Waals surface area contributed by atoms with E-state index in [1.807, 2.05) is 6.92 Å². The molecule has 1 N–H and O–H groups in total. The van der Waals surface area contributed by atoms with Crippen molar-refractivity contribution in [2.75, 3.05) is 0 Å². The van der Waals surface area contributed by atoms with Crippen molar-refractivity contribution in [1.29, 1.82) is 0 Å². The topological polar surface area (TPSA) is 20.2 Å². The average Bonchev–Trinajstić information content (AvgIpc) is 2.34. The molecule has 1 atom stereocenters. The van der Waals surface area contributed by atoms with Crippen molar-refractivity contribution in [3.05, 3.63) is 70.0 Å². The predicted molar refractivity (Wildman–Crippen MR) is 71.3 cm³/mol. The van der Waals surface area contributed by atoms with Crippen molar-refractivity contribution in [3.63, 3.8) is 0 Å². The Kier molecular flexibility index (Phi) is 4.00. The van der Waals surface area contributed by atoms with Crippen LogP contribution in [0.15, 0.2) is 42.5 Å². The van der Waals surface area contributed by atoms with Crippen LogP contribution in [0.1, 0.15) is 22.8 Å². The fourth-order valence-electron chi connectivity index (χ4n) is 1.87. The molecule has 0 radical (unpaired) electrons. The van der Waals surface area contributed by atoms with Crippen LogP contribution in [0.2, 0.25) is 5.02 Å². The van der Waals surface area contributed by atoms with Crippen molar-refractivity contribution in [1.82, 2.24) is 0 Å². The van der Waals surface area contributed by atoms with Crippen molar-refractivity contribution >= 4 is 11.6 Å². The lowest BCUT2D eigenvalue weighted by Gasteiger charge is -2.13. The summed E-state index contributed by atoms with van der Waals surface area (Å²) in [6, 6.07) is 11.6. The molecular weight excluding hydrogens is 251 g/mol. The number of halogens is 2. The maximum absolute atomic E-state index is 13.2. The largest absolute Gasteiger partial charge is 0.388 e. The molecule has 1 nitrogen and oxygen atoms in total. The third kappa shape index (κ3) is 3.09. The Morgan fingerprint density at radius 1 is 1.17 bits per heavy atom. The number of hydrogen-bond acceptors (Lipinski definition) is 1.